The molecule has 0 radical (unpaired) electrons. The van der Waals surface area contributed by atoms with Gasteiger partial charge in [0.15, 0.2) is 5.16 Å². The van der Waals surface area contributed by atoms with Crippen molar-refractivity contribution < 1.29 is 14.6 Å². The van der Waals surface area contributed by atoms with E-state index in [-0.39, 0.29) is 5.56 Å². The van der Waals surface area contributed by atoms with Gasteiger partial charge in [0.2, 0.25) is 0 Å². The molecular formula is C11H11N3O3S. The summed E-state index contributed by atoms with van der Waals surface area (Å²) >= 11 is 1.46. The number of carboxylic acids is 1. The molecule has 0 atom stereocenters. The molecule has 0 unspecified atom stereocenters. The maximum atomic E-state index is 10.9. The van der Waals surface area contributed by atoms with Crippen molar-refractivity contribution in [3.8, 4) is 5.75 Å². The average molecular weight is 265 g/mol. The van der Waals surface area contributed by atoms with Gasteiger partial charge in [0.05, 0.1) is 6.61 Å². The fourth-order valence-electron chi connectivity index (χ4n) is 1.32. The number of ether oxygens (including phenoxy) is 1. The van der Waals surface area contributed by atoms with Crippen LogP contribution in [0.5, 0.6) is 5.75 Å². The largest absolute Gasteiger partial charge is 0.492 e. The first-order valence-electron chi connectivity index (χ1n) is 5.20. The lowest BCUT2D eigenvalue weighted by atomic mass is 10.2. The Balaban J connectivity index is 1.85. The lowest BCUT2D eigenvalue weighted by Crippen LogP contribution is -2.05. The Kier molecular flexibility index (Phi) is 4.19. The molecule has 6 nitrogen and oxygen atoms in total. The zero-order valence-corrected chi connectivity index (χ0v) is 10.2. The van der Waals surface area contributed by atoms with Crippen molar-refractivity contribution in [2.45, 2.75) is 5.16 Å². The standard InChI is InChI=1S/C11H11N3O3S/c15-10(16)8-3-1-2-4-9(8)17-5-6-18-11-12-7-13-14-11/h1-4,7H,5-6H2,(H,15,16)(H,12,13,14). The first-order valence-corrected chi connectivity index (χ1v) is 6.19. The Morgan fingerprint density at radius 2 is 2.28 bits per heavy atom. The fraction of sp³-hybridized carbons (Fsp3) is 0.182. The maximum Gasteiger partial charge on any atom is 0.339 e. The van der Waals surface area contributed by atoms with E-state index >= 15 is 0 Å². The minimum atomic E-state index is -0.992. The van der Waals surface area contributed by atoms with Crippen LogP contribution in [0, 0.1) is 0 Å². The molecule has 1 heterocycles. The van der Waals surface area contributed by atoms with Crippen LogP contribution in [0.1, 0.15) is 10.4 Å². The second-order valence-electron chi connectivity index (χ2n) is 3.29. The van der Waals surface area contributed by atoms with Gasteiger partial charge in [-0.1, -0.05) is 23.9 Å². The molecule has 1 aromatic carbocycles. The number of aromatic amines is 1. The summed E-state index contributed by atoms with van der Waals surface area (Å²) in [4.78, 5) is 14.9. The van der Waals surface area contributed by atoms with Gasteiger partial charge in [-0.3, -0.25) is 5.10 Å². The van der Waals surface area contributed by atoms with Crippen molar-refractivity contribution >= 4 is 17.7 Å². The number of hydrogen-bond acceptors (Lipinski definition) is 5. The van der Waals surface area contributed by atoms with Crippen molar-refractivity contribution in [3.63, 3.8) is 0 Å². The van der Waals surface area contributed by atoms with Gasteiger partial charge in [0.1, 0.15) is 17.6 Å². The number of benzene rings is 1. The van der Waals surface area contributed by atoms with Crippen LogP contribution in [0.25, 0.3) is 0 Å². The number of aromatic carboxylic acids is 1. The lowest BCUT2D eigenvalue weighted by Gasteiger charge is -2.07. The topological polar surface area (TPSA) is 88.1 Å². The normalized spacial score (nSPS) is 10.2. The van der Waals surface area contributed by atoms with Gasteiger partial charge in [-0.15, -0.1) is 0 Å². The molecule has 0 spiro atoms. The molecule has 0 saturated heterocycles. The highest BCUT2D eigenvalue weighted by atomic mass is 32.2. The molecule has 7 heteroatoms. The number of nitrogens with zero attached hydrogens (tertiary/aromatic N) is 2. The molecular weight excluding hydrogens is 254 g/mol. The lowest BCUT2D eigenvalue weighted by molar-refractivity contribution is 0.0692. The summed E-state index contributed by atoms with van der Waals surface area (Å²) in [5.41, 5.74) is 0.169. The van der Waals surface area contributed by atoms with Gasteiger partial charge < -0.3 is 9.84 Å². The molecule has 0 fully saturated rings. The third kappa shape index (κ3) is 3.24. The van der Waals surface area contributed by atoms with Crippen molar-refractivity contribution in [3.05, 3.63) is 36.2 Å². The minimum Gasteiger partial charge on any atom is -0.492 e. The molecule has 0 amide bonds. The molecule has 2 N–H and O–H groups in total. The quantitative estimate of drug-likeness (QED) is 0.610. The van der Waals surface area contributed by atoms with Crippen LogP contribution in [0.3, 0.4) is 0 Å². The summed E-state index contributed by atoms with van der Waals surface area (Å²) < 4.78 is 5.43. The van der Waals surface area contributed by atoms with Crippen molar-refractivity contribution in [2.75, 3.05) is 12.4 Å². The van der Waals surface area contributed by atoms with E-state index in [4.69, 9.17) is 9.84 Å². The molecule has 0 saturated carbocycles. The maximum absolute atomic E-state index is 10.9. The Morgan fingerprint density at radius 1 is 1.44 bits per heavy atom. The Hall–Kier alpha value is -2.02. The molecule has 2 rings (SSSR count). The van der Waals surface area contributed by atoms with E-state index in [2.05, 4.69) is 15.2 Å². The summed E-state index contributed by atoms with van der Waals surface area (Å²) in [7, 11) is 0. The van der Waals surface area contributed by atoms with Gasteiger partial charge in [0, 0.05) is 5.75 Å². The Labute approximate surface area is 107 Å². The number of H-pyrrole nitrogens is 1. The first kappa shape index (κ1) is 12.4. The minimum absolute atomic E-state index is 0.169. The summed E-state index contributed by atoms with van der Waals surface area (Å²) in [6, 6.07) is 6.56. The number of rotatable bonds is 6. The van der Waals surface area contributed by atoms with Gasteiger partial charge in [-0.25, -0.2) is 9.78 Å². The number of thioether (sulfide) groups is 1. The molecule has 0 aliphatic heterocycles. The van der Waals surface area contributed by atoms with Crippen LogP contribution >= 0.6 is 11.8 Å². The molecule has 0 bridgehead atoms. The van der Waals surface area contributed by atoms with E-state index in [1.54, 1.807) is 18.2 Å². The monoisotopic (exact) mass is 265 g/mol. The number of aromatic nitrogens is 3. The SMILES string of the molecule is O=C(O)c1ccccc1OCCSc1ncn[nH]1. The van der Waals surface area contributed by atoms with Crippen molar-refractivity contribution in [1.29, 1.82) is 0 Å². The highest BCUT2D eigenvalue weighted by Gasteiger charge is 2.09. The van der Waals surface area contributed by atoms with E-state index in [1.807, 2.05) is 0 Å². The predicted octanol–water partition coefficient (Wildman–Crippen LogP) is 1.67. The first-order chi connectivity index (χ1) is 8.77. The Morgan fingerprint density at radius 3 is 3.00 bits per heavy atom. The van der Waals surface area contributed by atoms with Crippen LogP contribution in [0.2, 0.25) is 0 Å². The van der Waals surface area contributed by atoms with E-state index in [1.165, 1.54) is 24.2 Å². The van der Waals surface area contributed by atoms with Crippen LogP contribution < -0.4 is 4.74 Å². The van der Waals surface area contributed by atoms with E-state index < -0.39 is 5.97 Å². The Bertz CT molecular complexity index is 516. The van der Waals surface area contributed by atoms with Crippen LogP contribution in [-0.4, -0.2) is 38.6 Å². The van der Waals surface area contributed by atoms with Crippen LogP contribution in [0.4, 0.5) is 0 Å². The van der Waals surface area contributed by atoms with Gasteiger partial charge >= 0.3 is 5.97 Å². The van der Waals surface area contributed by atoms with Crippen molar-refractivity contribution in [1.82, 2.24) is 15.2 Å². The van der Waals surface area contributed by atoms with Gasteiger partial charge in [-0.2, -0.15) is 5.10 Å². The highest BCUT2D eigenvalue weighted by molar-refractivity contribution is 7.99. The second kappa shape index (κ2) is 6.06. The molecule has 0 aliphatic carbocycles. The zero-order chi connectivity index (χ0) is 12.8. The van der Waals surface area contributed by atoms with Gasteiger partial charge in [0.25, 0.3) is 0 Å². The van der Waals surface area contributed by atoms with E-state index in [0.717, 1.165) is 0 Å². The predicted molar refractivity (Wildman–Crippen MR) is 66.0 cm³/mol. The average Bonchev–Trinajstić information content (AvgIpc) is 2.88. The highest BCUT2D eigenvalue weighted by Crippen LogP contribution is 2.18. The number of nitrogens with one attached hydrogen (secondary N) is 1. The van der Waals surface area contributed by atoms with Gasteiger partial charge in [-0.05, 0) is 12.1 Å². The number of para-hydroxylation sites is 1. The molecule has 0 aliphatic rings. The van der Waals surface area contributed by atoms with E-state index in [9.17, 15) is 4.79 Å². The summed E-state index contributed by atoms with van der Waals surface area (Å²) in [6.07, 6.45) is 1.43. The summed E-state index contributed by atoms with van der Waals surface area (Å²) in [5.74, 6) is 0.0417. The smallest absolute Gasteiger partial charge is 0.339 e. The molecule has 94 valence electrons. The molecule has 2 aromatic rings. The van der Waals surface area contributed by atoms with Crippen LogP contribution in [0.15, 0.2) is 35.7 Å². The summed E-state index contributed by atoms with van der Waals surface area (Å²) in [5, 5.41) is 16.1. The zero-order valence-electron chi connectivity index (χ0n) is 9.37. The summed E-state index contributed by atoms with van der Waals surface area (Å²) in [6.45, 7) is 0.398. The molecule has 1 aromatic heterocycles. The third-order valence-corrected chi connectivity index (χ3v) is 2.93. The molecule has 18 heavy (non-hydrogen) atoms. The van der Waals surface area contributed by atoms with Crippen LogP contribution in [-0.2, 0) is 0 Å². The third-order valence-electron chi connectivity index (χ3n) is 2.09. The number of carbonyl (C=O) groups is 1. The number of hydrogen-bond donors (Lipinski definition) is 2. The second-order valence-corrected chi connectivity index (χ2v) is 4.37. The number of carboxylic acid groups (broad SMARTS) is 1. The van der Waals surface area contributed by atoms with Crippen molar-refractivity contribution in [2.24, 2.45) is 0 Å². The fourth-order valence-corrected chi connectivity index (χ4v) is 1.92. The van der Waals surface area contributed by atoms with E-state index in [0.29, 0.717) is 23.3 Å².